The summed E-state index contributed by atoms with van der Waals surface area (Å²) in [5.74, 6) is -2.40. The molecule has 0 fully saturated rings. The highest BCUT2D eigenvalue weighted by Gasteiger charge is 2.28. The van der Waals surface area contributed by atoms with Crippen molar-refractivity contribution in [2.45, 2.75) is 24.7 Å². The van der Waals surface area contributed by atoms with Gasteiger partial charge in [-0.1, -0.05) is 47.5 Å². The Morgan fingerprint density at radius 1 is 1.07 bits per heavy atom. The monoisotopic (exact) mass is 440 g/mol. The van der Waals surface area contributed by atoms with E-state index in [0.29, 0.717) is 15.6 Å². The molecule has 0 unspecified atom stereocenters. The molecule has 0 aliphatic carbocycles. The van der Waals surface area contributed by atoms with Gasteiger partial charge in [-0.05, 0) is 41.3 Å². The van der Waals surface area contributed by atoms with Gasteiger partial charge in [-0.25, -0.2) is 0 Å². The van der Waals surface area contributed by atoms with Crippen molar-refractivity contribution >= 4 is 35.1 Å². The highest BCUT2D eigenvalue weighted by Crippen LogP contribution is 2.27. The molecule has 2 aromatic carbocycles. The van der Waals surface area contributed by atoms with Crippen LogP contribution in [-0.4, -0.2) is 54.1 Å². The Kier molecular flexibility index (Phi) is 8.43. The van der Waals surface area contributed by atoms with Gasteiger partial charge < -0.3 is 30.2 Å². The van der Waals surface area contributed by atoms with E-state index in [0.717, 1.165) is 11.1 Å². The van der Waals surface area contributed by atoms with E-state index in [2.05, 4.69) is 5.32 Å². The van der Waals surface area contributed by atoms with Gasteiger partial charge in [-0.15, -0.1) is 0 Å². The second kappa shape index (κ2) is 10.6. The molecule has 0 heterocycles. The molecule has 0 aromatic heterocycles. The van der Waals surface area contributed by atoms with Crippen LogP contribution in [0.25, 0.3) is 11.1 Å². The summed E-state index contributed by atoms with van der Waals surface area (Å²) in [5, 5.41) is 34.1. The highest BCUT2D eigenvalue weighted by molar-refractivity contribution is 6.35. The van der Waals surface area contributed by atoms with Crippen molar-refractivity contribution in [3.8, 4) is 11.1 Å². The summed E-state index contributed by atoms with van der Waals surface area (Å²) in [6.07, 6.45) is -3.86. The average Bonchev–Trinajstić information content (AvgIpc) is 2.66. The first kappa shape index (κ1) is 23.1. The molecule has 156 valence electrons. The largest absolute Gasteiger partial charge is 0.547 e. The number of halogens is 2. The SMILES string of the molecule is COCC(=O)N[C@@H](Cc1ccc(-c2cc(Cl)cc(Cl)c2)cc1)[C@H](O)[C@@H](O)C(=O)[O-]. The Morgan fingerprint density at radius 3 is 2.17 bits per heavy atom. The molecule has 3 N–H and O–H groups in total. The standard InChI is InChI=1S/C20H21Cl2NO6/c1-29-10-17(24)23-16(18(25)19(26)20(27)28)6-11-2-4-12(5-3-11)13-7-14(21)9-15(22)8-13/h2-5,7-9,16,18-19,25-26H,6,10H2,1H3,(H,23,24)(H,27,28)/p-1/t16-,18-,19+/m0/s1. The third kappa shape index (κ3) is 6.69. The third-order valence-electron chi connectivity index (χ3n) is 4.20. The first-order valence-electron chi connectivity index (χ1n) is 8.62. The third-order valence-corrected chi connectivity index (χ3v) is 4.64. The summed E-state index contributed by atoms with van der Waals surface area (Å²) < 4.78 is 4.72. The summed E-state index contributed by atoms with van der Waals surface area (Å²) in [6.45, 7) is -0.279. The number of carboxylic acid groups (broad SMARTS) is 1. The summed E-state index contributed by atoms with van der Waals surface area (Å²) in [4.78, 5) is 22.7. The molecule has 7 nitrogen and oxygen atoms in total. The Labute approximate surface area is 177 Å². The van der Waals surface area contributed by atoms with Crippen LogP contribution in [0, 0.1) is 0 Å². The predicted octanol–water partition coefficient (Wildman–Crippen LogP) is 0.806. The minimum atomic E-state index is -2.16. The maximum atomic E-state index is 11.8. The van der Waals surface area contributed by atoms with E-state index >= 15 is 0 Å². The molecule has 3 atom stereocenters. The van der Waals surface area contributed by atoms with Crippen LogP contribution in [0.5, 0.6) is 0 Å². The van der Waals surface area contributed by atoms with E-state index in [1.54, 1.807) is 42.5 Å². The fraction of sp³-hybridized carbons (Fsp3) is 0.300. The van der Waals surface area contributed by atoms with Crippen LogP contribution in [0.1, 0.15) is 5.56 Å². The van der Waals surface area contributed by atoms with E-state index in [-0.39, 0.29) is 13.0 Å². The second-order valence-corrected chi connectivity index (χ2v) is 7.29. The molecule has 0 aliphatic heterocycles. The number of benzene rings is 2. The molecule has 2 rings (SSSR count). The van der Waals surface area contributed by atoms with E-state index in [9.17, 15) is 24.9 Å². The molecular formula is C20H20Cl2NO6-. The Hall–Kier alpha value is -2.16. The molecule has 0 spiro atoms. The molecule has 0 bridgehead atoms. The number of hydrogen-bond donors (Lipinski definition) is 3. The number of aliphatic hydroxyl groups is 2. The quantitative estimate of drug-likeness (QED) is 0.530. The molecule has 2 aromatic rings. The van der Waals surface area contributed by atoms with Gasteiger partial charge in [0.25, 0.3) is 0 Å². The smallest absolute Gasteiger partial charge is 0.246 e. The summed E-state index contributed by atoms with van der Waals surface area (Å²) in [5.41, 5.74) is 2.34. The lowest BCUT2D eigenvalue weighted by Crippen LogP contribution is -2.55. The van der Waals surface area contributed by atoms with Crippen LogP contribution >= 0.6 is 23.2 Å². The Morgan fingerprint density at radius 2 is 1.66 bits per heavy atom. The number of hydrogen-bond acceptors (Lipinski definition) is 6. The van der Waals surface area contributed by atoms with Crippen molar-refractivity contribution in [2.24, 2.45) is 0 Å². The number of aliphatic carboxylic acids is 1. The lowest BCUT2D eigenvalue weighted by Gasteiger charge is -2.28. The molecule has 0 radical (unpaired) electrons. The molecule has 29 heavy (non-hydrogen) atoms. The fourth-order valence-electron chi connectivity index (χ4n) is 2.80. The Bertz CT molecular complexity index is 838. The minimum Gasteiger partial charge on any atom is -0.547 e. The maximum absolute atomic E-state index is 11.8. The zero-order valence-electron chi connectivity index (χ0n) is 15.5. The number of aliphatic hydroxyl groups excluding tert-OH is 2. The molecule has 0 saturated carbocycles. The predicted molar refractivity (Wildman–Crippen MR) is 106 cm³/mol. The molecular weight excluding hydrogens is 421 g/mol. The minimum absolute atomic E-state index is 0.0670. The van der Waals surface area contributed by atoms with Crippen LogP contribution in [0.3, 0.4) is 0 Å². The Balaban J connectivity index is 2.20. The number of methoxy groups -OCH3 is 1. The van der Waals surface area contributed by atoms with Gasteiger partial charge in [0.15, 0.2) is 0 Å². The van der Waals surface area contributed by atoms with Gasteiger partial charge >= 0.3 is 0 Å². The van der Waals surface area contributed by atoms with Crippen molar-refractivity contribution in [3.63, 3.8) is 0 Å². The van der Waals surface area contributed by atoms with Gasteiger partial charge in [0.1, 0.15) is 18.8 Å². The van der Waals surface area contributed by atoms with Crippen molar-refractivity contribution in [1.29, 1.82) is 0 Å². The van der Waals surface area contributed by atoms with Crippen LogP contribution in [0.2, 0.25) is 10.0 Å². The number of carbonyl (C=O) groups excluding carboxylic acids is 2. The number of nitrogens with one attached hydrogen (secondary N) is 1. The summed E-state index contributed by atoms with van der Waals surface area (Å²) in [6, 6.07) is 11.2. The van der Waals surface area contributed by atoms with E-state index in [1.165, 1.54) is 7.11 Å². The first-order chi connectivity index (χ1) is 13.7. The van der Waals surface area contributed by atoms with Crippen LogP contribution in [0.15, 0.2) is 42.5 Å². The lowest BCUT2D eigenvalue weighted by molar-refractivity contribution is -0.318. The van der Waals surface area contributed by atoms with Crippen LogP contribution in [-0.2, 0) is 20.7 Å². The van der Waals surface area contributed by atoms with Gasteiger partial charge in [-0.3, -0.25) is 4.79 Å². The van der Waals surface area contributed by atoms with Crippen molar-refractivity contribution < 1.29 is 29.6 Å². The number of carboxylic acids is 1. The lowest BCUT2D eigenvalue weighted by atomic mass is 9.96. The summed E-state index contributed by atoms with van der Waals surface area (Å²) >= 11 is 12.0. The number of carbonyl (C=O) groups is 2. The molecule has 1 amide bonds. The zero-order chi connectivity index (χ0) is 21.6. The summed E-state index contributed by atoms with van der Waals surface area (Å²) in [7, 11) is 1.32. The topological polar surface area (TPSA) is 119 Å². The molecule has 9 heteroatoms. The molecule has 0 saturated heterocycles. The number of ether oxygens (including phenoxy) is 1. The maximum Gasteiger partial charge on any atom is 0.246 e. The van der Waals surface area contributed by atoms with Crippen LogP contribution < -0.4 is 10.4 Å². The van der Waals surface area contributed by atoms with Crippen molar-refractivity contribution in [2.75, 3.05) is 13.7 Å². The van der Waals surface area contributed by atoms with Crippen molar-refractivity contribution in [3.05, 3.63) is 58.1 Å². The van der Waals surface area contributed by atoms with E-state index in [4.69, 9.17) is 27.9 Å². The van der Waals surface area contributed by atoms with Gasteiger partial charge in [0.05, 0.1) is 12.0 Å². The molecule has 0 aliphatic rings. The second-order valence-electron chi connectivity index (χ2n) is 6.42. The number of rotatable bonds is 9. The van der Waals surface area contributed by atoms with Crippen molar-refractivity contribution in [1.82, 2.24) is 5.32 Å². The first-order valence-corrected chi connectivity index (χ1v) is 9.37. The average molecular weight is 441 g/mol. The fourth-order valence-corrected chi connectivity index (χ4v) is 3.33. The normalized spacial score (nSPS) is 14.1. The van der Waals surface area contributed by atoms with Gasteiger partial charge in [0, 0.05) is 17.2 Å². The van der Waals surface area contributed by atoms with Crippen LogP contribution in [0.4, 0.5) is 0 Å². The van der Waals surface area contributed by atoms with E-state index in [1.807, 2.05) is 0 Å². The van der Waals surface area contributed by atoms with Gasteiger partial charge in [-0.2, -0.15) is 0 Å². The highest BCUT2D eigenvalue weighted by atomic mass is 35.5. The number of amides is 1. The van der Waals surface area contributed by atoms with Gasteiger partial charge in [0.2, 0.25) is 5.91 Å². The van der Waals surface area contributed by atoms with E-state index < -0.39 is 30.1 Å². The zero-order valence-corrected chi connectivity index (χ0v) is 17.0.